The molecule has 2 nitrogen and oxygen atoms in total. The third-order valence-electron chi connectivity index (χ3n) is 4.40. The molecule has 1 aromatic rings. The Labute approximate surface area is 120 Å². The molecule has 0 amide bonds. The number of fused-ring (bicyclic) bond motifs is 1. The van der Waals surface area contributed by atoms with Gasteiger partial charge in [-0.1, -0.05) is 24.3 Å². The minimum atomic E-state index is 0.248. The fourth-order valence-electron chi connectivity index (χ4n) is 3.26. The minimum Gasteiger partial charge on any atom is -0.372 e. The van der Waals surface area contributed by atoms with E-state index in [-0.39, 0.29) is 6.10 Å². The molecule has 1 aliphatic carbocycles. The summed E-state index contributed by atoms with van der Waals surface area (Å²) in [4.78, 5) is 0. The summed E-state index contributed by atoms with van der Waals surface area (Å²) in [6.07, 6.45) is 7.53. The van der Waals surface area contributed by atoms with Crippen molar-refractivity contribution >= 4 is 11.8 Å². The van der Waals surface area contributed by atoms with Crippen molar-refractivity contribution in [2.75, 3.05) is 19.4 Å². The van der Waals surface area contributed by atoms with Crippen molar-refractivity contribution in [1.29, 1.82) is 0 Å². The van der Waals surface area contributed by atoms with Crippen LogP contribution in [0.3, 0.4) is 0 Å². The lowest BCUT2D eigenvalue weighted by Gasteiger charge is -2.27. The van der Waals surface area contributed by atoms with E-state index in [0.717, 1.165) is 24.8 Å². The van der Waals surface area contributed by atoms with Crippen molar-refractivity contribution in [3.05, 3.63) is 35.4 Å². The van der Waals surface area contributed by atoms with Crippen molar-refractivity contribution in [3.63, 3.8) is 0 Å². The molecule has 3 rings (SSSR count). The Morgan fingerprint density at radius 2 is 2.21 bits per heavy atom. The molecule has 0 saturated heterocycles. The summed E-state index contributed by atoms with van der Waals surface area (Å²) in [5.74, 6) is 0. The van der Waals surface area contributed by atoms with Gasteiger partial charge in [-0.25, -0.2) is 0 Å². The van der Waals surface area contributed by atoms with E-state index in [1.54, 1.807) is 0 Å². The molecule has 3 heteroatoms. The smallest absolute Gasteiger partial charge is 0.0952 e. The van der Waals surface area contributed by atoms with Gasteiger partial charge in [0.2, 0.25) is 0 Å². The SMILES string of the molecule is CSC1CCC(NCC2OCCc3ccccc32)C1. The highest BCUT2D eigenvalue weighted by molar-refractivity contribution is 7.99. The van der Waals surface area contributed by atoms with Gasteiger partial charge < -0.3 is 10.1 Å². The van der Waals surface area contributed by atoms with Crippen LogP contribution < -0.4 is 5.32 Å². The lowest BCUT2D eigenvalue weighted by atomic mass is 9.97. The standard InChI is InChI=1S/C16H23NOS/c1-19-14-7-6-13(10-14)17-11-16-15-5-3-2-4-12(15)8-9-18-16/h2-5,13-14,16-17H,6-11H2,1H3. The molecule has 0 bridgehead atoms. The van der Waals surface area contributed by atoms with E-state index >= 15 is 0 Å². The second kappa shape index (κ2) is 6.29. The Balaban J connectivity index is 1.57. The highest BCUT2D eigenvalue weighted by atomic mass is 32.2. The predicted octanol–water partition coefficient (Wildman–Crippen LogP) is 3.17. The van der Waals surface area contributed by atoms with E-state index < -0.39 is 0 Å². The largest absolute Gasteiger partial charge is 0.372 e. The van der Waals surface area contributed by atoms with Gasteiger partial charge in [0.15, 0.2) is 0 Å². The van der Waals surface area contributed by atoms with E-state index in [4.69, 9.17) is 4.74 Å². The topological polar surface area (TPSA) is 21.3 Å². The first-order chi connectivity index (χ1) is 9.36. The Morgan fingerprint density at radius 1 is 1.32 bits per heavy atom. The van der Waals surface area contributed by atoms with Gasteiger partial charge in [-0.05, 0) is 43.1 Å². The molecule has 19 heavy (non-hydrogen) atoms. The quantitative estimate of drug-likeness (QED) is 0.913. The van der Waals surface area contributed by atoms with Crippen LogP contribution in [0.2, 0.25) is 0 Å². The van der Waals surface area contributed by atoms with E-state index in [2.05, 4.69) is 35.8 Å². The lowest BCUT2D eigenvalue weighted by Crippen LogP contribution is -2.33. The molecule has 1 aromatic carbocycles. The van der Waals surface area contributed by atoms with Crippen LogP contribution in [-0.4, -0.2) is 30.7 Å². The zero-order chi connectivity index (χ0) is 13.1. The number of rotatable bonds is 4. The third-order valence-corrected chi connectivity index (χ3v) is 5.50. The number of nitrogens with one attached hydrogen (secondary N) is 1. The van der Waals surface area contributed by atoms with Gasteiger partial charge in [-0.3, -0.25) is 0 Å². The van der Waals surface area contributed by atoms with Crippen molar-refractivity contribution in [2.24, 2.45) is 0 Å². The molecule has 2 aliphatic rings. The van der Waals surface area contributed by atoms with E-state index in [1.807, 2.05) is 11.8 Å². The minimum absolute atomic E-state index is 0.248. The van der Waals surface area contributed by atoms with Crippen LogP contribution in [0.1, 0.15) is 36.5 Å². The molecule has 0 radical (unpaired) electrons. The number of hydrogen-bond acceptors (Lipinski definition) is 3. The summed E-state index contributed by atoms with van der Waals surface area (Å²) in [7, 11) is 0. The number of hydrogen-bond donors (Lipinski definition) is 1. The Morgan fingerprint density at radius 3 is 3.05 bits per heavy atom. The maximum Gasteiger partial charge on any atom is 0.0952 e. The van der Waals surface area contributed by atoms with Crippen molar-refractivity contribution in [3.8, 4) is 0 Å². The van der Waals surface area contributed by atoms with Crippen LogP contribution in [0.25, 0.3) is 0 Å². The van der Waals surface area contributed by atoms with Crippen LogP contribution in [-0.2, 0) is 11.2 Å². The molecular formula is C16H23NOS. The summed E-state index contributed by atoms with van der Waals surface area (Å²) in [5, 5.41) is 4.58. The van der Waals surface area contributed by atoms with Crippen molar-refractivity contribution < 1.29 is 4.74 Å². The number of thioether (sulfide) groups is 1. The Bertz CT molecular complexity index is 423. The summed E-state index contributed by atoms with van der Waals surface area (Å²) < 4.78 is 5.95. The molecule has 3 unspecified atom stereocenters. The van der Waals surface area contributed by atoms with Gasteiger partial charge in [0.1, 0.15) is 0 Å². The van der Waals surface area contributed by atoms with Gasteiger partial charge in [-0.15, -0.1) is 0 Å². The molecule has 1 fully saturated rings. The highest BCUT2D eigenvalue weighted by Crippen LogP contribution is 2.30. The van der Waals surface area contributed by atoms with Gasteiger partial charge in [-0.2, -0.15) is 11.8 Å². The third kappa shape index (κ3) is 3.15. The van der Waals surface area contributed by atoms with Crippen LogP contribution in [0, 0.1) is 0 Å². The molecule has 104 valence electrons. The van der Waals surface area contributed by atoms with Crippen molar-refractivity contribution in [2.45, 2.75) is 43.1 Å². The predicted molar refractivity (Wildman–Crippen MR) is 81.8 cm³/mol. The Kier molecular flexibility index (Phi) is 4.46. The van der Waals surface area contributed by atoms with Gasteiger partial charge >= 0.3 is 0 Å². The van der Waals surface area contributed by atoms with E-state index in [1.165, 1.54) is 30.4 Å². The van der Waals surface area contributed by atoms with Crippen LogP contribution >= 0.6 is 11.8 Å². The van der Waals surface area contributed by atoms with E-state index in [9.17, 15) is 0 Å². The molecule has 3 atom stereocenters. The monoisotopic (exact) mass is 277 g/mol. The second-order valence-corrected chi connectivity index (χ2v) is 6.72. The average Bonchev–Trinajstić information content (AvgIpc) is 2.93. The number of benzene rings is 1. The van der Waals surface area contributed by atoms with Gasteiger partial charge in [0, 0.05) is 17.8 Å². The van der Waals surface area contributed by atoms with Crippen LogP contribution in [0.5, 0.6) is 0 Å². The fraction of sp³-hybridized carbons (Fsp3) is 0.625. The molecule has 0 spiro atoms. The zero-order valence-corrected chi connectivity index (χ0v) is 12.4. The maximum atomic E-state index is 5.95. The first kappa shape index (κ1) is 13.5. The molecular weight excluding hydrogens is 254 g/mol. The molecule has 0 aromatic heterocycles. The maximum absolute atomic E-state index is 5.95. The normalized spacial score (nSPS) is 30.3. The van der Waals surface area contributed by atoms with Gasteiger partial charge in [0.25, 0.3) is 0 Å². The number of ether oxygens (including phenoxy) is 1. The summed E-state index contributed by atoms with van der Waals surface area (Å²) in [6, 6.07) is 9.41. The summed E-state index contributed by atoms with van der Waals surface area (Å²) >= 11 is 2.01. The lowest BCUT2D eigenvalue weighted by molar-refractivity contribution is 0.0408. The van der Waals surface area contributed by atoms with Crippen LogP contribution in [0.4, 0.5) is 0 Å². The summed E-state index contributed by atoms with van der Waals surface area (Å²) in [6.45, 7) is 1.82. The highest BCUT2D eigenvalue weighted by Gasteiger charge is 2.26. The second-order valence-electron chi connectivity index (χ2n) is 5.58. The molecule has 1 aliphatic heterocycles. The average molecular weight is 277 g/mol. The van der Waals surface area contributed by atoms with Crippen LogP contribution in [0.15, 0.2) is 24.3 Å². The Hall–Kier alpha value is -0.510. The summed E-state index contributed by atoms with van der Waals surface area (Å²) in [5.41, 5.74) is 2.86. The zero-order valence-electron chi connectivity index (χ0n) is 11.6. The van der Waals surface area contributed by atoms with Crippen molar-refractivity contribution in [1.82, 2.24) is 5.32 Å². The fourth-order valence-corrected chi connectivity index (χ4v) is 4.06. The molecule has 1 N–H and O–H groups in total. The van der Waals surface area contributed by atoms with E-state index in [0.29, 0.717) is 6.04 Å². The van der Waals surface area contributed by atoms with Gasteiger partial charge in [0.05, 0.1) is 12.7 Å². The molecule has 1 saturated carbocycles. The first-order valence-corrected chi connectivity index (χ1v) is 8.61. The molecule has 1 heterocycles. The first-order valence-electron chi connectivity index (χ1n) is 7.32.